The Hall–Kier alpha value is -1.85. The van der Waals surface area contributed by atoms with Gasteiger partial charge in [-0.3, -0.25) is 9.69 Å². The molecule has 10 heteroatoms. The number of piperidine rings is 1. The van der Waals surface area contributed by atoms with Gasteiger partial charge in [0.1, 0.15) is 18.1 Å². The van der Waals surface area contributed by atoms with Crippen LogP contribution in [0.25, 0.3) is 0 Å². The molecule has 1 aliphatic rings. The van der Waals surface area contributed by atoms with Crippen molar-refractivity contribution in [3.8, 4) is 0 Å². The van der Waals surface area contributed by atoms with Crippen LogP contribution in [-0.2, 0) is 13.1 Å². The second-order valence-corrected chi connectivity index (χ2v) is 7.69. The van der Waals surface area contributed by atoms with E-state index in [9.17, 15) is 9.18 Å². The molecule has 1 amide bonds. The molecule has 0 bridgehead atoms. The fourth-order valence-electron chi connectivity index (χ4n) is 3.47. The van der Waals surface area contributed by atoms with Crippen molar-refractivity contribution in [2.24, 2.45) is 10.7 Å². The second kappa shape index (κ2) is 12.3. The molecule has 4 N–H and O–H groups in total. The molecule has 1 fully saturated rings. The zero-order chi connectivity index (χ0) is 21.5. The minimum absolute atomic E-state index is 0. The Morgan fingerprint density at radius 2 is 2.19 bits per heavy atom. The summed E-state index contributed by atoms with van der Waals surface area (Å²) in [5, 5.41) is 7.15. The number of furan rings is 1. The van der Waals surface area contributed by atoms with E-state index in [4.69, 9.17) is 21.8 Å². The first kappa shape index (κ1) is 25.4. The standard InChI is InChI=1S/C21H27ClFN5O2.HI/c1-2-25-21(26-11-17-7-8-19(30-17)20(24)29)27-16-4-3-9-28(13-16)12-14-5-6-15(23)10-18(14)22;/h5-8,10,16H,2-4,9,11-13H2,1H3,(H2,24,29)(H2,25,26,27);1H. The number of nitrogens with two attached hydrogens (primary N) is 1. The number of rotatable bonds is 7. The van der Waals surface area contributed by atoms with E-state index in [2.05, 4.69) is 20.5 Å². The smallest absolute Gasteiger partial charge is 0.284 e. The van der Waals surface area contributed by atoms with Gasteiger partial charge in [0.2, 0.25) is 0 Å². The van der Waals surface area contributed by atoms with Crippen LogP contribution in [0.2, 0.25) is 5.02 Å². The Bertz CT molecular complexity index is 908. The fraction of sp³-hybridized carbons (Fsp3) is 0.429. The Morgan fingerprint density at radius 1 is 1.39 bits per heavy atom. The highest BCUT2D eigenvalue weighted by atomic mass is 127. The maximum absolute atomic E-state index is 13.3. The number of hydrogen-bond donors (Lipinski definition) is 3. The molecule has 170 valence electrons. The number of nitrogens with zero attached hydrogens (tertiary/aromatic N) is 2. The van der Waals surface area contributed by atoms with E-state index in [0.29, 0.717) is 29.8 Å². The molecule has 1 atom stereocenters. The fourth-order valence-corrected chi connectivity index (χ4v) is 3.70. The zero-order valence-electron chi connectivity index (χ0n) is 17.4. The number of hydrogen-bond acceptors (Lipinski definition) is 4. The third-order valence-electron chi connectivity index (χ3n) is 4.90. The number of aliphatic imine (C=N–C) groups is 1. The average Bonchev–Trinajstić information content (AvgIpc) is 3.18. The molecule has 1 unspecified atom stereocenters. The molecule has 0 radical (unpaired) electrons. The van der Waals surface area contributed by atoms with E-state index >= 15 is 0 Å². The minimum atomic E-state index is -0.598. The van der Waals surface area contributed by atoms with E-state index in [0.717, 1.165) is 38.0 Å². The van der Waals surface area contributed by atoms with Crippen molar-refractivity contribution in [3.63, 3.8) is 0 Å². The third-order valence-corrected chi connectivity index (χ3v) is 5.25. The van der Waals surface area contributed by atoms with Gasteiger partial charge in [-0.15, -0.1) is 24.0 Å². The monoisotopic (exact) mass is 563 g/mol. The predicted molar refractivity (Wildman–Crippen MR) is 130 cm³/mol. The van der Waals surface area contributed by atoms with Gasteiger partial charge in [0.25, 0.3) is 5.91 Å². The molecule has 1 aromatic heterocycles. The lowest BCUT2D eigenvalue weighted by Crippen LogP contribution is -2.51. The summed E-state index contributed by atoms with van der Waals surface area (Å²) in [5.41, 5.74) is 6.13. The molecule has 31 heavy (non-hydrogen) atoms. The summed E-state index contributed by atoms with van der Waals surface area (Å²) < 4.78 is 18.7. The highest BCUT2D eigenvalue weighted by Gasteiger charge is 2.21. The highest BCUT2D eigenvalue weighted by Crippen LogP contribution is 2.21. The number of carbonyl (C=O) groups is 1. The van der Waals surface area contributed by atoms with Crippen molar-refractivity contribution < 1.29 is 13.6 Å². The van der Waals surface area contributed by atoms with E-state index in [1.54, 1.807) is 18.2 Å². The van der Waals surface area contributed by atoms with Crippen LogP contribution in [0.4, 0.5) is 4.39 Å². The van der Waals surface area contributed by atoms with Gasteiger partial charge in [-0.2, -0.15) is 0 Å². The first-order chi connectivity index (χ1) is 14.4. The van der Waals surface area contributed by atoms with Gasteiger partial charge in [0, 0.05) is 30.7 Å². The second-order valence-electron chi connectivity index (χ2n) is 7.28. The van der Waals surface area contributed by atoms with Gasteiger partial charge in [0.15, 0.2) is 11.7 Å². The van der Waals surface area contributed by atoms with Gasteiger partial charge in [-0.05, 0) is 56.1 Å². The highest BCUT2D eigenvalue weighted by molar-refractivity contribution is 14.0. The summed E-state index contributed by atoms with van der Waals surface area (Å²) in [5.74, 6) is 0.450. The molecule has 1 aliphatic heterocycles. The van der Waals surface area contributed by atoms with Gasteiger partial charge in [0.05, 0.1) is 0 Å². The molecule has 7 nitrogen and oxygen atoms in total. The van der Waals surface area contributed by atoms with Crippen molar-refractivity contribution in [2.75, 3.05) is 19.6 Å². The average molecular weight is 564 g/mol. The van der Waals surface area contributed by atoms with Crippen molar-refractivity contribution in [1.29, 1.82) is 0 Å². The number of amides is 1. The molecule has 1 saturated heterocycles. The molecule has 1 aromatic carbocycles. The van der Waals surface area contributed by atoms with Gasteiger partial charge in [-0.1, -0.05) is 17.7 Å². The van der Waals surface area contributed by atoms with E-state index in [-0.39, 0.29) is 41.6 Å². The minimum Gasteiger partial charge on any atom is -0.454 e. The number of nitrogens with one attached hydrogen (secondary N) is 2. The Morgan fingerprint density at radius 3 is 2.87 bits per heavy atom. The normalized spacial score (nSPS) is 17.1. The van der Waals surface area contributed by atoms with Crippen LogP contribution in [0.5, 0.6) is 0 Å². The molecule has 0 aliphatic carbocycles. The molecule has 2 aromatic rings. The summed E-state index contributed by atoms with van der Waals surface area (Å²) in [7, 11) is 0. The first-order valence-electron chi connectivity index (χ1n) is 10.0. The zero-order valence-corrected chi connectivity index (χ0v) is 20.5. The molecule has 3 rings (SSSR count). The quantitative estimate of drug-likeness (QED) is 0.272. The van der Waals surface area contributed by atoms with Crippen LogP contribution in [0.1, 0.15) is 41.6 Å². The summed E-state index contributed by atoms with van der Waals surface area (Å²) in [4.78, 5) is 18.0. The summed E-state index contributed by atoms with van der Waals surface area (Å²) >= 11 is 6.18. The first-order valence-corrected chi connectivity index (χ1v) is 10.4. The Balaban J connectivity index is 0.00000341. The van der Waals surface area contributed by atoms with Crippen LogP contribution in [0, 0.1) is 5.82 Å². The number of benzene rings is 1. The SMILES string of the molecule is CCNC(=NCc1ccc(C(N)=O)o1)NC1CCCN(Cc2ccc(F)cc2Cl)C1.I. The van der Waals surface area contributed by atoms with Crippen molar-refractivity contribution in [1.82, 2.24) is 15.5 Å². The lowest BCUT2D eigenvalue weighted by atomic mass is 10.0. The summed E-state index contributed by atoms with van der Waals surface area (Å²) in [6.45, 7) is 5.47. The molecular weight excluding hydrogens is 536 g/mol. The van der Waals surface area contributed by atoms with Crippen molar-refractivity contribution >= 4 is 47.4 Å². The van der Waals surface area contributed by atoms with E-state index in [1.165, 1.54) is 12.1 Å². The number of carbonyl (C=O) groups excluding carboxylic acids is 1. The summed E-state index contributed by atoms with van der Waals surface area (Å²) in [6, 6.07) is 7.99. The molecule has 0 saturated carbocycles. The molecule has 0 spiro atoms. The number of primary amides is 1. The van der Waals surface area contributed by atoms with E-state index in [1.807, 2.05) is 6.92 Å². The topological polar surface area (TPSA) is 95.9 Å². The number of halogens is 3. The lowest BCUT2D eigenvalue weighted by molar-refractivity contribution is 0.0972. The third kappa shape index (κ3) is 7.65. The maximum atomic E-state index is 13.3. The van der Waals surface area contributed by atoms with Crippen molar-refractivity contribution in [3.05, 3.63) is 58.3 Å². The van der Waals surface area contributed by atoms with Crippen LogP contribution in [0.15, 0.2) is 39.7 Å². The van der Waals surface area contributed by atoms with Crippen LogP contribution in [-0.4, -0.2) is 42.4 Å². The number of likely N-dealkylation sites (tertiary alicyclic amines) is 1. The lowest BCUT2D eigenvalue weighted by Gasteiger charge is -2.34. The van der Waals surface area contributed by atoms with Crippen molar-refractivity contribution in [2.45, 2.75) is 38.9 Å². The van der Waals surface area contributed by atoms with Gasteiger partial charge in [-0.25, -0.2) is 9.38 Å². The Kier molecular flexibility index (Phi) is 10.0. The number of guanidine groups is 1. The predicted octanol–water partition coefficient (Wildman–Crippen LogP) is 3.51. The van der Waals surface area contributed by atoms with Crippen LogP contribution < -0.4 is 16.4 Å². The van der Waals surface area contributed by atoms with Crippen LogP contribution >= 0.6 is 35.6 Å². The maximum Gasteiger partial charge on any atom is 0.284 e. The van der Waals surface area contributed by atoms with Gasteiger partial charge < -0.3 is 20.8 Å². The summed E-state index contributed by atoms with van der Waals surface area (Å²) in [6.07, 6.45) is 2.06. The molecule has 2 heterocycles. The van der Waals surface area contributed by atoms with E-state index < -0.39 is 5.91 Å². The van der Waals surface area contributed by atoms with Crippen LogP contribution in [0.3, 0.4) is 0 Å². The van der Waals surface area contributed by atoms with Gasteiger partial charge >= 0.3 is 0 Å². The molecular formula is C21H28ClFIN5O2. The Labute approximate surface area is 203 Å². The largest absolute Gasteiger partial charge is 0.454 e.